The average Bonchev–Trinajstić information content (AvgIpc) is 2.67. The summed E-state index contributed by atoms with van der Waals surface area (Å²) in [5.41, 5.74) is 1.30. The lowest BCUT2D eigenvalue weighted by Crippen LogP contribution is -2.46. The van der Waals surface area contributed by atoms with Crippen molar-refractivity contribution < 1.29 is 14.0 Å². The summed E-state index contributed by atoms with van der Waals surface area (Å²) in [6.07, 6.45) is 4.76. The Kier molecular flexibility index (Phi) is 5.79. The van der Waals surface area contributed by atoms with Gasteiger partial charge in [0.2, 0.25) is 5.91 Å². The molecule has 3 rings (SSSR count). The number of likely N-dealkylation sites (tertiary alicyclic amines) is 1. The fourth-order valence-electron chi connectivity index (χ4n) is 2.98. The Balaban J connectivity index is 1.48. The molecule has 1 saturated heterocycles. The fourth-order valence-corrected chi connectivity index (χ4v) is 2.98. The number of hydrogen-bond acceptors (Lipinski definition) is 2. The number of rotatable bonds is 4. The summed E-state index contributed by atoms with van der Waals surface area (Å²) in [4.78, 5) is 26.2. The van der Waals surface area contributed by atoms with Gasteiger partial charge in [-0.15, -0.1) is 0 Å². The van der Waals surface area contributed by atoms with Crippen LogP contribution in [0.25, 0.3) is 6.08 Å². The average molecular weight is 352 g/mol. The van der Waals surface area contributed by atoms with E-state index in [-0.39, 0.29) is 17.9 Å². The van der Waals surface area contributed by atoms with Crippen LogP contribution in [0, 0.1) is 5.82 Å². The van der Waals surface area contributed by atoms with Gasteiger partial charge in [-0.2, -0.15) is 0 Å². The van der Waals surface area contributed by atoms with Crippen LogP contribution in [0.3, 0.4) is 0 Å². The number of nitrogens with zero attached hydrogens (tertiary/aromatic N) is 1. The van der Waals surface area contributed by atoms with Crippen LogP contribution in [0.5, 0.6) is 0 Å². The molecule has 0 aromatic heterocycles. The molecule has 0 aliphatic carbocycles. The van der Waals surface area contributed by atoms with Crippen LogP contribution in [0.4, 0.5) is 4.39 Å². The van der Waals surface area contributed by atoms with Crippen molar-refractivity contribution in [2.24, 2.45) is 0 Å². The van der Waals surface area contributed by atoms with Gasteiger partial charge >= 0.3 is 0 Å². The summed E-state index contributed by atoms with van der Waals surface area (Å²) < 4.78 is 13.2. The highest BCUT2D eigenvalue weighted by atomic mass is 19.1. The Hall–Kier alpha value is -2.95. The van der Waals surface area contributed by atoms with Crippen molar-refractivity contribution in [1.29, 1.82) is 0 Å². The maximum absolute atomic E-state index is 13.2. The van der Waals surface area contributed by atoms with Crippen molar-refractivity contribution in [2.75, 3.05) is 13.1 Å². The van der Waals surface area contributed by atoms with Gasteiger partial charge in [0, 0.05) is 30.8 Å². The second-order valence-corrected chi connectivity index (χ2v) is 6.33. The first-order valence-electron chi connectivity index (χ1n) is 8.70. The Labute approximate surface area is 152 Å². The van der Waals surface area contributed by atoms with Gasteiger partial charge in [0.1, 0.15) is 5.82 Å². The van der Waals surface area contributed by atoms with E-state index in [1.165, 1.54) is 18.2 Å². The third-order valence-electron chi connectivity index (χ3n) is 4.45. The number of hydrogen-bond donors (Lipinski definition) is 1. The van der Waals surface area contributed by atoms with Gasteiger partial charge in [-0.25, -0.2) is 4.39 Å². The third-order valence-corrected chi connectivity index (χ3v) is 4.45. The minimum absolute atomic E-state index is 0.00656. The smallest absolute Gasteiger partial charge is 0.251 e. The van der Waals surface area contributed by atoms with Crippen molar-refractivity contribution in [3.05, 3.63) is 77.6 Å². The van der Waals surface area contributed by atoms with E-state index >= 15 is 0 Å². The Morgan fingerprint density at radius 3 is 2.46 bits per heavy atom. The standard InChI is InChI=1S/C21H21FN2O2/c22-18-8-4-7-17(15-18)21(26)23-19-11-13-24(14-12-19)20(25)10-9-16-5-2-1-3-6-16/h1-10,15,19H,11-14H2,(H,23,26)/b10-9+. The first-order chi connectivity index (χ1) is 12.6. The molecule has 4 nitrogen and oxygen atoms in total. The summed E-state index contributed by atoms with van der Waals surface area (Å²) in [6.45, 7) is 1.18. The lowest BCUT2D eigenvalue weighted by molar-refractivity contribution is -0.126. The summed E-state index contributed by atoms with van der Waals surface area (Å²) in [5.74, 6) is -0.731. The van der Waals surface area contributed by atoms with Crippen molar-refractivity contribution in [2.45, 2.75) is 18.9 Å². The highest BCUT2D eigenvalue weighted by molar-refractivity contribution is 5.94. The largest absolute Gasteiger partial charge is 0.349 e. The van der Waals surface area contributed by atoms with Crippen LogP contribution < -0.4 is 5.32 Å². The molecule has 1 heterocycles. The molecule has 26 heavy (non-hydrogen) atoms. The van der Waals surface area contributed by atoms with Gasteiger partial charge in [0.05, 0.1) is 0 Å². The van der Waals surface area contributed by atoms with Crippen LogP contribution >= 0.6 is 0 Å². The van der Waals surface area contributed by atoms with Crippen molar-refractivity contribution in [3.63, 3.8) is 0 Å². The van der Waals surface area contributed by atoms with Crippen LogP contribution in [0.2, 0.25) is 0 Å². The van der Waals surface area contributed by atoms with E-state index in [0.29, 0.717) is 31.5 Å². The van der Waals surface area contributed by atoms with E-state index < -0.39 is 5.82 Å². The molecule has 0 atom stereocenters. The van der Waals surface area contributed by atoms with Gasteiger partial charge in [0.15, 0.2) is 0 Å². The molecule has 134 valence electrons. The predicted octanol–water partition coefficient (Wildman–Crippen LogP) is 3.26. The van der Waals surface area contributed by atoms with Gasteiger partial charge in [-0.3, -0.25) is 9.59 Å². The van der Waals surface area contributed by atoms with Gasteiger partial charge in [0.25, 0.3) is 5.91 Å². The van der Waals surface area contributed by atoms with Crippen molar-refractivity contribution in [3.8, 4) is 0 Å². The maximum Gasteiger partial charge on any atom is 0.251 e. The highest BCUT2D eigenvalue weighted by Gasteiger charge is 2.23. The van der Waals surface area contributed by atoms with E-state index in [9.17, 15) is 14.0 Å². The van der Waals surface area contributed by atoms with Crippen LogP contribution in [0.15, 0.2) is 60.7 Å². The molecule has 0 radical (unpaired) electrons. The number of nitrogens with one attached hydrogen (secondary N) is 1. The summed E-state index contributed by atoms with van der Waals surface area (Å²) in [6, 6.07) is 15.3. The number of carbonyl (C=O) groups excluding carboxylic acids is 2. The SMILES string of the molecule is O=C(NC1CCN(C(=O)/C=C/c2ccccc2)CC1)c1cccc(F)c1. The lowest BCUT2D eigenvalue weighted by Gasteiger charge is -2.31. The van der Waals surface area contributed by atoms with E-state index in [1.54, 1.807) is 23.1 Å². The normalized spacial score (nSPS) is 15.2. The first-order valence-corrected chi connectivity index (χ1v) is 8.70. The molecule has 0 spiro atoms. The second kappa shape index (κ2) is 8.43. The predicted molar refractivity (Wildman–Crippen MR) is 98.9 cm³/mol. The zero-order valence-corrected chi connectivity index (χ0v) is 14.4. The monoisotopic (exact) mass is 352 g/mol. The molecule has 1 N–H and O–H groups in total. The Bertz CT molecular complexity index is 797. The number of benzene rings is 2. The molecule has 1 aliphatic heterocycles. The van der Waals surface area contributed by atoms with E-state index in [2.05, 4.69) is 5.32 Å². The zero-order chi connectivity index (χ0) is 18.4. The quantitative estimate of drug-likeness (QED) is 0.859. The van der Waals surface area contributed by atoms with Gasteiger partial charge in [-0.1, -0.05) is 36.4 Å². The molecular formula is C21H21FN2O2. The summed E-state index contributed by atoms with van der Waals surface area (Å²) in [7, 11) is 0. The van der Waals surface area contributed by atoms with Crippen molar-refractivity contribution >= 4 is 17.9 Å². The number of amides is 2. The molecule has 1 fully saturated rings. The number of carbonyl (C=O) groups is 2. The Morgan fingerprint density at radius 2 is 1.77 bits per heavy atom. The van der Waals surface area contributed by atoms with Crippen molar-refractivity contribution in [1.82, 2.24) is 10.2 Å². The molecule has 2 aromatic rings. The molecule has 5 heteroatoms. The topological polar surface area (TPSA) is 49.4 Å². The molecule has 0 unspecified atom stereocenters. The molecular weight excluding hydrogens is 331 g/mol. The van der Waals surface area contributed by atoms with Crippen LogP contribution in [-0.4, -0.2) is 35.8 Å². The molecule has 0 saturated carbocycles. The molecule has 0 bridgehead atoms. The Morgan fingerprint density at radius 1 is 1.04 bits per heavy atom. The van der Waals surface area contributed by atoms with Crippen LogP contribution in [0.1, 0.15) is 28.8 Å². The maximum atomic E-state index is 13.2. The molecule has 2 amide bonds. The first kappa shape index (κ1) is 17.9. The lowest BCUT2D eigenvalue weighted by atomic mass is 10.0. The van der Waals surface area contributed by atoms with E-state index in [1.807, 2.05) is 30.3 Å². The van der Waals surface area contributed by atoms with E-state index in [4.69, 9.17) is 0 Å². The molecule has 1 aliphatic rings. The fraction of sp³-hybridized carbons (Fsp3) is 0.238. The number of piperidine rings is 1. The molecule has 2 aromatic carbocycles. The van der Waals surface area contributed by atoms with E-state index in [0.717, 1.165) is 5.56 Å². The number of halogens is 1. The van der Waals surface area contributed by atoms with Gasteiger partial charge in [-0.05, 0) is 42.7 Å². The third kappa shape index (κ3) is 4.79. The minimum Gasteiger partial charge on any atom is -0.349 e. The van der Waals surface area contributed by atoms with Gasteiger partial charge < -0.3 is 10.2 Å². The second-order valence-electron chi connectivity index (χ2n) is 6.33. The summed E-state index contributed by atoms with van der Waals surface area (Å²) >= 11 is 0. The minimum atomic E-state index is -0.428. The zero-order valence-electron chi connectivity index (χ0n) is 14.4. The highest BCUT2D eigenvalue weighted by Crippen LogP contribution is 2.13. The van der Waals surface area contributed by atoms with Crippen LogP contribution in [-0.2, 0) is 4.79 Å². The summed E-state index contributed by atoms with van der Waals surface area (Å²) in [5, 5.41) is 2.92.